The summed E-state index contributed by atoms with van der Waals surface area (Å²) in [5, 5.41) is 8.76. The van der Waals surface area contributed by atoms with Crippen LogP contribution in [0, 0.1) is 4.91 Å². The van der Waals surface area contributed by atoms with Gasteiger partial charge in [-0.3, -0.25) is 0 Å². The van der Waals surface area contributed by atoms with Gasteiger partial charge in [0.1, 0.15) is 0 Å². The first kappa shape index (κ1) is 9.15. The van der Waals surface area contributed by atoms with Gasteiger partial charge in [-0.05, 0) is 24.6 Å². The zero-order chi connectivity index (χ0) is 10.1. The molecule has 1 aliphatic heterocycles. The summed E-state index contributed by atoms with van der Waals surface area (Å²) in [6, 6.07) is 5.31. The lowest BCUT2D eigenvalue weighted by atomic mass is 10.00. The maximum Gasteiger partial charge on any atom is 0.316 e. The molecule has 2 rings (SSSR count). The molecule has 1 N–H and O–H groups in total. The van der Waals surface area contributed by atoms with E-state index in [1.54, 1.807) is 12.1 Å². The fourth-order valence-corrected chi connectivity index (χ4v) is 1.80. The summed E-state index contributed by atoms with van der Waals surface area (Å²) in [5.41, 5.74) is 2.71. The van der Waals surface area contributed by atoms with Gasteiger partial charge in [0.15, 0.2) is 0 Å². The molecule has 1 aromatic rings. The Hall–Kier alpha value is -1.42. The standard InChI is InChI=1S/C10H13N2O2/c1-11-5-4-8-2-3-10(12(13)14)6-9(8)7-11/h2-3,6H,4-5,7H2,1H3,(H,13,14)/q+1. The van der Waals surface area contributed by atoms with Crippen molar-refractivity contribution in [3.63, 3.8) is 0 Å². The molecule has 0 bridgehead atoms. The van der Waals surface area contributed by atoms with Crippen LogP contribution in [0.2, 0.25) is 0 Å². The van der Waals surface area contributed by atoms with E-state index in [9.17, 15) is 4.91 Å². The molecule has 0 aromatic heterocycles. The van der Waals surface area contributed by atoms with E-state index in [1.807, 2.05) is 13.1 Å². The van der Waals surface area contributed by atoms with Crippen LogP contribution in [0.3, 0.4) is 0 Å². The summed E-state index contributed by atoms with van der Waals surface area (Å²) in [6.45, 7) is 1.89. The average molecular weight is 193 g/mol. The third kappa shape index (κ3) is 1.61. The summed E-state index contributed by atoms with van der Waals surface area (Å²) >= 11 is 0. The van der Waals surface area contributed by atoms with Crippen molar-refractivity contribution in [3.05, 3.63) is 34.2 Å². The van der Waals surface area contributed by atoms with E-state index < -0.39 is 0 Å². The van der Waals surface area contributed by atoms with E-state index in [-0.39, 0.29) is 4.92 Å². The molecule has 14 heavy (non-hydrogen) atoms. The van der Waals surface area contributed by atoms with E-state index >= 15 is 0 Å². The third-order valence-corrected chi connectivity index (χ3v) is 2.61. The van der Waals surface area contributed by atoms with Gasteiger partial charge in [-0.1, -0.05) is 6.07 Å². The second kappa shape index (κ2) is 3.38. The molecule has 1 aliphatic rings. The lowest BCUT2D eigenvalue weighted by molar-refractivity contribution is -0.729. The first-order valence-corrected chi connectivity index (χ1v) is 4.63. The molecule has 0 amide bonds. The Morgan fingerprint density at radius 1 is 1.43 bits per heavy atom. The first-order chi connectivity index (χ1) is 6.66. The smallest absolute Gasteiger partial charge is 0.302 e. The number of nitrogens with zero attached hydrogens (tertiary/aromatic N) is 2. The molecule has 0 radical (unpaired) electrons. The molecule has 0 atom stereocenters. The Balaban J connectivity index is 2.37. The summed E-state index contributed by atoms with van der Waals surface area (Å²) in [7, 11) is 2.05. The number of hydrogen-bond acceptors (Lipinski definition) is 2. The molecule has 4 heteroatoms. The summed E-state index contributed by atoms with van der Waals surface area (Å²) < 4.78 is 0. The molecular weight excluding hydrogens is 180 g/mol. The van der Waals surface area contributed by atoms with Crippen molar-refractivity contribution in [1.82, 2.24) is 4.90 Å². The molecule has 0 saturated heterocycles. The van der Waals surface area contributed by atoms with Gasteiger partial charge in [0, 0.05) is 25.2 Å². The molecular formula is C10H13N2O2+. The van der Waals surface area contributed by atoms with E-state index in [1.165, 1.54) is 5.56 Å². The van der Waals surface area contributed by atoms with E-state index in [0.717, 1.165) is 25.1 Å². The van der Waals surface area contributed by atoms with E-state index in [4.69, 9.17) is 5.21 Å². The van der Waals surface area contributed by atoms with Crippen LogP contribution in [-0.2, 0) is 13.0 Å². The Morgan fingerprint density at radius 2 is 2.21 bits per heavy atom. The zero-order valence-electron chi connectivity index (χ0n) is 8.10. The van der Waals surface area contributed by atoms with Crippen LogP contribution < -0.4 is 0 Å². The first-order valence-electron chi connectivity index (χ1n) is 4.63. The van der Waals surface area contributed by atoms with Gasteiger partial charge < -0.3 is 4.90 Å². The minimum atomic E-state index is -0.0884. The highest BCUT2D eigenvalue weighted by Crippen LogP contribution is 2.22. The average Bonchev–Trinajstić information content (AvgIpc) is 2.16. The molecule has 0 fully saturated rings. The predicted octanol–water partition coefficient (Wildman–Crippen LogP) is 1.47. The summed E-state index contributed by atoms with van der Waals surface area (Å²) in [5.74, 6) is 0. The van der Waals surface area contributed by atoms with Crippen molar-refractivity contribution < 1.29 is 10.1 Å². The number of hydrogen-bond donors (Lipinski definition) is 1. The van der Waals surface area contributed by atoms with Gasteiger partial charge in [0.2, 0.25) is 0 Å². The van der Waals surface area contributed by atoms with Crippen LogP contribution in [0.5, 0.6) is 0 Å². The van der Waals surface area contributed by atoms with Crippen molar-refractivity contribution in [3.8, 4) is 0 Å². The van der Waals surface area contributed by atoms with Crippen molar-refractivity contribution >= 4 is 5.69 Å². The van der Waals surface area contributed by atoms with Gasteiger partial charge in [-0.15, -0.1) is 0 Å². The van der Waals surface area contributed by atoms with E-state index in [2.05, 4.69) is 4.90 Å². The van der Waals surface area contributed by atoms with Gasteiger partial charge >= 0.3 is 5.69 Å². The van der Waals surface area contributed by atoms with Crippen molar-refractivity contribution in [2.24, 2.45) is 0 Å². The van der Waals surface area contributed by atoms with Crippen molar-refractivity contribution in [2.75, 3.05) is 13.6 Å². The Bertz CT molecular complexity index is 376. The number of benzene rings is 1. The molecule has 0 aliphatic carbocycles. The quantitative estimate of drug-likeness (QED) is 0.687. The highest BCUT2D eigenvalue weighted by molar-refractivity contribution is 5.40. The second-order valence-electron chi connectivity index (χ2n) is 3.71. The van der Waals surface area contributed by atoms with Crippen LogP contribution in [-0.4, -0.2) is 28.6 Å². The monoisotopic (exact) mass is 193 g/mol. The van der Waals surface area contributed by atoms with Crippen LogP contribution in [0.15, 0.2) is 18.2 Å². The molecule has 0 unspecified atom stereocenters. The molecule has 74 valence electrons. The maximum absolute atomic E-state index is 10.7. The maximum atomic E-state index is 10.7. The zero-order valence-corrected chi connectivity index (χ0v) is 8.10. The highest BCUT2D eigenvalue weighted by atomic mass is 16.6. The SMILES string of the molecule is CN1CCc2ccc([N+](=O)O)cc2C1. The minimum absolute atomic E-state index is 0.0884. The Labute approximate surface area is 82.3 Å². The lowest BCUT2D eigenvalue weighted by Gasteiger charge is -2.24. The van der Waals surface area contributed by atoms with Gasteiger partial charge in [-0.25, -0.2) is 5.21 Å². The Morgan fingerprint density at radius 3 is 2.93 bits per heavy atom. The van der Waals surface area contributed by atoms with Crippen LogP contribution in [0.25, 0.3) is 0 Å². The molecule has 0 saturated carbocycles. The van der Waals surface area contributed by atoms with Gasteiger partial charge in [-0.2, -0.15) is 0 Å². The van der Waals surface area contributed by atoms with Crippen LogP contribution >= 0.6 is 0 Å². The largest absolute Gasteiger partial charge is 0.316 e. The van der Waals surface area contributed by atoms with E-state index in [0.29, 0.717) is 5.69 Å². The highest BCUT2D eigenvalue weighted by Gasteiger charge is 2.18. The molecule has 4 nitrogen and oxygen atoms in total. The Kier molecular flexibility index (Phi) is 2.21. The van der Waals surface area contributed by atoms with Gasteiger partial charge in [0.05, 0.1) is 4.91 Å². The second-order valence-corrected chi connectivity index (χ2v) is 3.71. The number of likely N-dealkylation sites (N-methyl/N-ethyl adjacent to an activating group) is 1. The van der Waals surface area contributed by atoms with Crippen LogP contribution in [0.1, 0.15) is 11.1 Å². The fraction of sp³-hybridized carbons (Fsp3) is 0.400. The normalized spacial score (nSPS) is 16.4. The summed E-state index contributed by atoms with van der Waals surface area (Å²) in [6.07, 6.45) is 1.01. The number of rotatable bonds is 1. The minimum Gasteiger partial charge on any atom is -0.302 e. The van der Waals surface area contributed by atoms with Crippen LogP contribution in [0.4, 0.5) is 5.69 Å². The third-order valence-electron chi connectivity index (χ3n) is 2.61. The predicted molar refractivity (Wildman–Crippen MR) is 51.6 cm³/mol. The van der Waals surface area contributed by atoms with Crippen molar-refractivity contribution in [2.45, 2.75) is 13.0 Å². The lowest BCUT2D eigenvalue weighted by Crippen LogP contribution is -2.26. The van der Waals surface area contributed by atoms with Gasteiger partial charge in [0.25, 0.3) is 4.92 Å². The molecule has 1 aromatic carbocycles. The molecule has 0 spiro atoms. The van der Waals surface area contributed by atoms with Crippen molar-refractivity contribution in [1.29, 1.82) is 0 Å². The molecule has 1 heterocycles. The topological polar surface area (TPSA) is 43.5 Å². The fourth-order valence-electron chi connectivity index (χ4n) is 1.80. The number of fused-ring (bicyclic) bond motifs is 1. The summed E-state index contributed by atoms with van der Waals surface area (Å²) in [4.78, 5) is 12.8.